The molecular weight excluding hydrogens is 198 g/mol. The second-order valence-electron chi connectivity index (χ2n) is 4.52. The summed E-state index contributed by atoms with van der Waals surface area (Å²) in [6.07, 6.45) is 4.16. The first kappa shape index (κ1) is 13.0. The standard InChI is InChI=1S/C14H23NO/c1-6-7-8-10(2)15-12(4)14-9-11(3)16-13(14)5/h6,9-10,12,15H,1,7-8H2,2-5H3. The molecule has 2 heteroatoms. The molecule has 0 aliphatic heterocycles. The molecule has 2 unspecified atom stereocenters. The summed E-state index contributed by atoms with van der Waals surface area (Å²) in [5, 5.41) is 3.58. The molecule has 2 nitrogen and oxygen atoms in total. The van der Waals surface area contributed by atoms with Crippen LogP contribution in [0.5, 0.6) is 0 Å². The normalized spacial score (nSPS) is 14.8. The molecule has 0 aliphatic rings. The van der Waals surface area contributed by atoms with Crippen LogP contribution in [0.3, 0.4) is 0 Å². The van der Waals surface area contributed by atoms with Crippen molar-refractivity contribution in [2.75, 3.05) is 0 Å². The fraction of sp³-hybridized carbons (Fsp3) is 0.571. The van der Waals surface area contributed by atoms with Crippen LogP contribution in [0.25, 0.3) is 0 Å². The number of rotatable bonds is 6. The van der Waals surface area contributed by atoms with Gasteiger partial charge in [0.2, 0.25) is 0 Å². The van der Waals surface area contributed by atoms with Gasteiger partial charge in [-0.15, -0.1) is 6.58 Å². The molecule has 0 fully saturated rings. The van der Waals surface area contributed by atoms with Crippen LogP contribution in [0, 0.1) is 13.8 Å². The molecule has 2 atom stereocenters. The van der Waals surface area contributed by atoms with Crippen LogP contribution in [0.2, 0.25) is 0 Å². The van der Waals surface area contributed by atoms with Gasteiger partial charge in [0.15, 0.2) is 0 Å². The van der Waals surface area contributed by atoms with Crippen molar-refractivity contribution < 1.29 is 4.42 Å². The maximum Gasteiger partial charge on any atom is 0.105 e. The maximum atomic E-state index is 5.54. The topological polar surface area (TPSA) is 25.2 Å². The highest BCUT2D eigenvalue weighted by Gasteiger charge is 2.14. The third-order valence-corrected chi connectivity index (χ3v) is 2.88. The van der Waals surface area contributed by atoms with Gasteiger partial charge < -0.3 is 9.73 Å². The van der Waals surface area contributed by atoms with E-state index in [0.29, 0.717) is 12.1 Å². The van der Waals surface area contributed by atoms with E-state index in [2.05, 4.69) is 31.8 Å². The average Bonchev–Trinajstić information content (AvgIpc) is 2.54. The Balaban J connectivity index is 2.54. The van der Waals surface area contributed by atoms with Crippen LogP contribution in [0.4, 0.5) is 0 Å². The highest BCUT2D eigenvalue weighted by molar-refractivity contribution is 5.23. The van der Waals surface area contributed by atoms with E-state index in [-0.39, 0.29) is 0 Å². The number of aryl methyl sites for hydroxylation is 2. The lowest BCUT2D eigenvalue weighted by Gasteiger charge is -2.19. The Bertz CT molecular complexity index is 341. The Morgan fingerprint density at radius 3 is 2.62 bits per heavy atom. The largest absolute Gasteiger partial charge is 0.466 e. The second kappa shape index (κ2) is 5.90. The maximum absolute atomic E-state index is 5.54. The molecular formula is C14H23NO. The summed E-state index contributed by atoms with van der Waals surface area (Å²) in [6.45, 7) is 12.2. The monoisotopic (exact) mass is 221 g/mol. The molecule has 0 aliphatic carbocycles. The third-order valence-electron chi connectivity index (χ3n) is 2.88. The van der Waals surface area contributed by atoms with Crippen molar-refractivity contribution in [3.63, 3.8) is 0 Å². The van der Waals surface area contributed by atoms with Gasteiger partial charge in [0.25, 0.3) is 0 Å². The van der Waals surface area contributed by atoms with E-state index in [1.54, 1.807) is 0 Å². The first-order valence-electron chi connectivity index (χ1n) is 5.98. The van der Waals surface area contributed by atoms with Gasteiger partial charge in [-0.25, -0.2) is 0 Å². The Kier molecular flexibility index (Phi) is 4.81. The highest BCUT2D eigenvalue weighted by atomic mass is 16.3. The zero-order chi connectivity index (χ0) is 12.1. The Morgan fingerprint density at radius 2 is 2.12 bits per heavy atom. The van der Waals surface area contributed by atoms with Crippen LogP contribution in [0.15, 0.2) is 23.1 Å². The summed E-state index contributed by atoms with van der Waals surface area (Å²) >= 11 is 0. The van der Waals surface area contributed by atoms with Crippen LogP contribution in [-0.4, -0.2) is 6.04 Å². The fourth-order valence-electron chi connectivity index (χ4n) is 2.05. The molecule has 16 heavy (non-hydrogen) atoms. The SMILES string of the molecule is C=CCCC(C)NC(C)c1cc(C)oc1C. The van der Waals surface area contributed by atoms with Crippen molar-refractivity contribution in [3.8, 4) is 0 Å². The Hall–Kier alpha value is -1.02. The first-order chi connectivity index (χ1) is 7.54. The van der Waals surface area contributed by atoms with Gasteiger partial charge in [-0.2, -0.15) is 0 Å². The van der Waals surface area contributed by atoms with Crippen molar-refractivity contribution in [1.82, 2.24) is 5.32 Å². The van der Waals surface area contributed by atoms with Gasteiger partial charge in [0, 0.05) is 17.6 Å². The summed E-state index contributed by atoms with van der Waals surface area (Å²) in [6, 6.07) is 2.97. The van der Waals surface area contributed by atoms with Crippen LogP contribution >= 0.6 is 0 Å². The second-order valence-corrected chi connectivity index (χ2v) is 4.52. The molecule has 0 saturated heterocycles. The van der Waals surface area contributed by atoms with Crippen molar-refractivity contribution in [1.29, 1.82) is 0 Å². The molecule has 1 heterocycles. The summed E-state index contributed by atoms with van der Waals surface area (Å²) in [7, 11) is 0. The summed E-state index contributed by atoms with van der Waals surface area (Å²) in [4.78, 5) is 0. The minimum atomic E-state index is 0.345. The van der Waals surface area contributed by atoms with Gasteiger partial charge in [-0.05, 0) is 46.6 Å². The predicted octanol–water partition coefficient (Wildman–Crippen LogP) is 3.90. The molecule has 0 saturated carbocycles. The molecule has 1 N–H and O–H groups in total. The first-order valence-corrected chi connectivity index (χ1v) is 5.98. The molecule has 1 aromatic rings. The summed E-state index contributed by atoms with van der Waals surface area (Å²) in [5.74, 6) is 2.01. The van der Waals surface area contributed by atoms with Gasteiger partial charge in [-0.3, -0.25) is 0 Å². The number of hydrogen-bond acceptors (Lipinski definition) is 2. The third kappa shape index (κ3) is 3.53. The van der Waals surface area contributed by atoms with E-state index < -0.39 is 0 Å². The minimum absolute atomic E-state index is 0.345. The highest BCUT2D eigenvalue weighted by Crippen LogP contribution is 2.21. The van der Waals surface area contributed by atoms with Gasteiger partial charge in [0.05, 0.1) is 0 Å². The fourth-order valence-corrected chi connectivity index (χ4v) is 2.05. The lowest BCUT2D eigenvalue weighted by atomic mass is 10.1. The summed E-state index contributed by atoms with van der Waals surface area (Å²) < 4.78 is 5.54. The zero-order valence-electron chi connectivity index (χ0n) is 10.8. The molecule has 0 amide bonds. The van der Waals surface area contributed by atoms with E-state index in [9.17, 15) is 0 Å². The Morgan fingerprint density at radius 1 is 1.44 bits per heavy atom. The molecule has 1 rings (SSSR count). The van der Waals surface area contributed by atoms with E-state index in [1.165, 1.54) is 5.56 Å². The lowest BCUT2D eigenvalue weighted by molar-refractivity contribution is 0.446. The van der Waals surface area contributed by atoms with E-state index in [4.69, 9.17) is 4.42 Å². The molecule has 0 spiro atoms. The van der Waals surface area contributed by atoms with Crippen LogP contribution in [-0.2, 0) is 0 Å². The molecule has 0 aromatic carbocycles. The minimum Gasteiger partial charge on any atom is -0.466 e. The van der Waals surface area contributed by atoms with Gasteiger partial charge in [0.1, 0.15) is 11.5 Å². The zero-order valence-corrected chi connectivity index (χ0v) is 10.8. The lowest BCUT2D eigenvalue weighted by Crippen LogP contribution is -2.28. The van der Waals surface area contributed by atoms with Crippen LogP contribution < -0.4 is 5.32 Å². The van der Waals surface area contributed by atoms with Crippen molar-refractivity contribution >= 4 is 0 Å². The van der Waals surface area contributed by atoms with Crippen molar-refractivity contribution in [2.45, 2.75) is 52.6 Å². The predicted molar refractivity (Wildman–Crippen MR) is 68.6 cm³/mol. The number of nitrogens with one attached hydrogen (secondary N) is 1. The number of furan rings is 1. The van der Waals surface area contributed by atoms with E-state index in [0.717, 1.165) is 24.4 Å². The van der Waals surface area contributed by atoms with E-state index in [1.807, 2.05) is 19.9 Å². The molecule has 1 aromatic heterocycles. The summed E-state index contributed by atoms with van der Waals surface area (Å²) in [5.41, 5.74) is 1.27. The van der Waals surface area contributed by atoms with Crippen LogP contribution in [0.1, 0.15) is 49.8 Å². The molecule has 90 valence electrons. The number of hydrogen-bond donors (Lipinski definition) is 1. The molecule has 0 bridgehead atoms. The smallest absolute Gasteiger partial charge is 0.105 e. The van der Waals surface area contributed by atoms with Crippen molar-refractivity contribution in [3.05, 3.63) is 35.8 Å². The van der Waals surface area contributed by atoms with Crippen molar-refractivity contribution in [2.24, 2.45) is 0 Å². The van der Waals surface area contributed by atoms with Gasteiger partial charge >= 0.3 is 0 Å². The quantitative estimate of drug-likeness (QED) is 0.737. The van der Waals surface area contributed by atoms with E-state index >= 15 is 0 Å². The Labute approximate surface area is 98.7 Å². The average molecular weight is 221 g/mol. The molecule has 0 radical (unpaired) electrons. The number of allylic oxidation sites excluding steroid dienone is 1. The van der Waals surface area contributed by atoms with Gasteiger partial charge in [-0.1, -0.05) is 6.08 Å².